The van der Waals surface area contributed by atoms with Crippen molar-refractivity contribution < 1.29 is 4.79 Å². The first-order valence-electron chi connectivity index (χ1n) is 6.69. The number of carbonyl (C=O) groups excluding carboxylic acids is 1. The van der Waals surface area contributed by atoms with E-state index in [-0.39, 0.29) is 11.4 Å². The lowest BCUT2D eigenvalue weighted by Crippen LogP contribution is -2.43. The van der Waals surface area contributed by atoms with Crippen LogP contribution in [0.1, 0.15) is 35.5 Å². The summed E-state index contributed by atoms with van der Waals surface area (Å²) >= 11 is 8.26. The fourth-order valence-corrected chi connectivity index (χ4v) is 3.92. The Labute approximate surface area is 146 Å². The monoisotopic (exact) mass is 429 g/mol. The van der Waals surface area contributed by atoms with E-state index in [2.05, 4.69) is 63.2 Å². The first-order valence-corrected chi connectivity index (χ1v) is 9.09. The van der Waals surface area contributed by atoms with Gasteiger partial charge < -0.3 is 5.32 Å². The second kappa shape index (κ2) is 7.07. The maximum Gasteiger partial charge on any atom is 0.261 e. The molecule has 0 aliphatic heterocycles. The van der Waals surface area contributed by atoms with Gasteiger partial charge in [0.2, 0.25) is 0 Å². The van der Waals surface area contributed by atoms with Gasteiger partial charge in [0.25, 0.3) is 5.91 Å². The van der Waals surface area contributed by atoms with E-state index < -0.39 is 0 Å². The Hall–Kier alpha value is -0.650. The molecule has 1 heterocycles. The van der Waals surface area contributed by atoms with Gasteiger partial charge in [0.15, 0.2) is 0 Å². The molecule has 0 saturated carbocycles. The fraction of sp³-hybridized carbons (Fsp3) is 0.312. The molecular formula is C16H17Br2NOS. The average molecular weight is 431 g/mol. The van der Waals surface area contributed by atoms with Gasteiger partial charge in [-0.15, -0.1) is 11.3 Å². The minimum atomic E-state index is -0.240. The lowest BCUT2D eigenvalue weighted by atomic mass is 9.95. The third-order valence-electron chi connectivity index (χ3n) is 3.20. The zero-order valence-corrected chi connectivity index (χ0v) is 15.9. The molecule has 1 aromatic heterocycles. The predicted octanol–water partition coefficient (Wildman–Crippen LogP) is 5.41. The third kappa shape index (κ3) is 4.94. The quantitative estimate of drug-likeness (QED) is 0.674. The van der Waals surface area contributed by atoms with E-state index in [1.165, 1.54) is 16.9 Å². The molecule has 2 rings (SSSR count). The molecule has 2 nitrogen and oxygen atoms in total. The van der Waals surface area contributed by atoms with Crippen molar-refractivity contribution in [2.45, 2.75) is 32.2 Å². The summed E-state index contributed by atoms with van der Waals surface area (Å²) in [5, 5.41) is 3.11. The highest BCUT2D eigenvalue weighted by molar-refractivity contribution is 9.13. The van der Waals surface area contributed by atoms with Crippen molar-refractivity contribution in [1.29, 1.82) is 0 Å². The van der Waals surface area contributed by atoms with E-state index in [0.717, 1.165) is 21.1 Å². The van der Waals surface area contributed by atoms with E-state index in [1.807, 2.05) is 24.3 Å². The van der Waals surface area contributed by atoms with Crippen molar-refractivity contribution in [1.82, 2.24) is 5.32 Å². The van der Waals surface area contributed by atoms with Crippen molar-refractivity contribution in [3.63, 3.8) is 0 Å². The number of carbonyl (C=O) groups is 1. The second-order valence-corrected chi connectivity index (χ2v) is 8.78. The normalized spacial score (nSPS) is 11.4. The number of halogens is 2. The highest BCUT2D eigenvalue weighted by atomic mass is 79.9. The SMILES string of the molecule is CC(C)(CCc1ccccc1)NC(=O)c1cc(Br)c(Br)s1. The van der Waals surface area contributed by atoms with Gasteiger partial charge >= 0.3 is 0 Å². The number of amides is 1. The van der Waals surface area contributed by atoms with Crippen molar-refractivity contribution in [3.8, 4) is 0 Å². The van der Waals surface area contributed by atoms with E-state index in [1.54, 1.807) is 0 Å². The van der Waals surface area contributed by atoms with Gasteiger partial charge in [0.05, 0.1) is 8.66 Å². The van der Waals surface area contributed by atoms with Gasteiger partial charge in [-0.05, 0) is 70.2 Å². The highest BCUT2D eigenvalue weighted by Crippen LogP contribution is 2.32. The smallest absolute Gasteiger partial charge is 0.261 e. The molecule has 0 bridgehead atoms. The minimum absolute atomic E-state index is 0.0236. The molecule has 0 aliphatic rings. The summed E-state index contributed by atoms with van der Waals surface area (Å²) in [4.78, 5) is 13.0. The molecule has 0 spiro atoms. The number of nitrogens with one attached hydrogen (secondary N) is 1. The van der Waals surface area contributed by atoms with Gasteiger partial charge in [-0.3, -0.25) is 4.79 Å². The van der Waals surface area contributed by atoms with Crippen molar-refractivity contribution in [2.75, 3.05) is 0 Å². The van der Waals surface area contributed by atoms with Crippen LogP contribution in [0.25, 0.3) is 0 Å². The Bertz CT molecular complexity index is 603. The molecule has 5 heteroatoms. The lowest BCUT2D eigenvalue weighted by molar-refractivity contribution is 0.0913. The average Bonchev–Trinajstić information content (AvgIpc) is 2.78. The number of rotatable bonds is 5. The number of hydrogen-bond donors (Lipinski definition) is 1. The zero-order chi connectivity index (χ0) is 15.5. The molecule has 0 atom stereocenters. The summed E-state index contributed by atoms with van der Waals surface area (Å²) in [6, 6.07) is 12.2. The number of aryl methyl sites for hydroxylation is 1. The van der Waals surface area contributed by atoms with Crippen LogP contribution in [0.15, 0.2) is 44.7 Å². The maximum absolute atomic E-state index is 12.3. The van der Waals surface area contributed by atoms with Crippen LogP contribution in [0.5, 0.6) is 0 Å². The maximum atomic E-state index is 12.3. The summed E-state index contributed by atoms with van der Waals surface area (Å²) in [6.45, 7) is 4.12. The summed E-state index contributed by atoms with van der Waals surface area (Å²) in [5.74, 6) is -0.0236. The summed E-state index contributed by atoms with van der Waals surface area (Å²) in [5.41, 5.74) is 1.05. The van der Waals surface area contributed by atoms with Gasteiger partial charge in [0, 0.05) is 10.0 Å². The van der Waals surface area contributed by atoms with E-state index >= 15 is 0 Å². The third-order valence-corrected chi connectivity index (χ3v) is 6.46. The van der Waals surface area contributed by atoms with E-state index in [0.29, 0.717) is 4.88 Å². The molecule has 0 aliphatic carbocycles. The zero-order valence-electron chi connectivity index (χ0n) is 12.0. The number of thiophene rings is 1. The standard InChI is InChI=1S/C16H17Br2NOS/c1-16(2,9-8-11-6-4-3-5-7-11)19-15(20)13-10-12(17)14(18)21-13/h3-7,10H,8-9H2,1-2H3,(H,19,20). The molecular weight excluding hydrogens is 414 g/mol. The Morgan fingerprint density at radius 1 is 1.24 bits per heavy atom. The topological polar surface area (TPSA) is 29.1 Å². The summed E-state index contributed by atoms with van der Waals surface area (Å²) < 4.78 is 1.86. The van der Waals surface area contributed by atoms with Gasteiger partial charge in [-0.25, -0.2) is 0 Å². The van der Waals surface area contributed by atoms with Crippen LogP contribution in [-0.4, -0.2) is 11.4 Å². The lowest BCUT2D eigenvalue weighted by Gasteiger charge is -2.26. The molecule has 21 heavy (non-hydrogen) atoms. The van der Waals surface area contributed by atoms with Crippen LogP contribution in [0.3, 0.4) is 0 Å². The molecule has 0 unspecified atom stereocenters. The molecule has 112 valence electrons. The molecule has 1 amide bonds. The van der Waals surface area contributed by atoms with Crippen LogP contribution in [-0.2, 0) is 6.42 Å². The van der Waals surface area contributed by atoms with E-state index in [4.69, 9.17) is 0 Å². The Kier molecular flexibility index (Phi) is 5.63. The predicted molar refractivity (Wildman–Crippen MR) is 96.0 cm³/mol. The van der Waals surface area contributed by atoms with Crippen molar-refractivity contribution in [2.24, 2.45) is 0 Å². The first kappa shape index (κ1) is 16.7. The summed E-state index contributed by atoms with van der Waals surface area (Å²) in [7, 11) is 0. The van der Waals surface area contributed by atoms with Crippen molar-refractivity contribution in [3.05, 3.63) is 55.1 Å². The van der Waals surface area contributed by atoms with Gasteiger partial charge in [-0.1, -0.05) is 30.3 Å². The number of benzene rings is 1. The van der Waals surface area contributed by atoms with Crippen LogP contribution in [0.4, 0.5) is 0 Å². The van der Waals surface area contributed by atoms with Gasteiger partial charge in [0.1, 0.15) is 0 Å². The fourth-order valence-electron chi connectivity index (χ4n) is 1.99. The van der Waals surface area contributed by atoms with Crippen molar-refractivity contribution >= 4 is 49.1 Å². The van der Waals surface area contributed by atoms with Crippen LogP contribution in [0.2, 0.25) is 0 Å². The minimum Gasteiger partial charge on any atom is -0.346 e. The second-order valence-electron chi connectivity index (χ2n) is 5.56. The van der Waals surface area contributed by atoms with Crippen LogP contribution in [0, 0.1) is 0 Å². The van der Waals surface area contributed by atoms with E-state index in [9.17, 15) is 4.79 Å². The first-order chi connectivity index (χ1) is 9.87. The molecule has 1 N–H and O–H groups in total. The molecule has 1 aromatic carbocycles. The Morgan fingerprint density at radius 2 is 1.90 bits per heavy atom. The number of hydrogen-bond acceptors (Lipinski definition) is 2. The molecule has 0 radical (unpaired) electrons. The molecule has 2 aromatic rings. The van der Waals surface area contributed by atoms with Gasteiger partial charge in [-0.2, -0.15) is 0 Å². The molecule has 0 saturated heterocycles. The largest absolute Gasteiger partial charge is 0.346 e. The molecule has 0 fully saturated rings. The Morgan fingerprint density at radius 3 is 2.48 bits per heavy atom. The van der Waals surface area contributed by atoms with Crippen LogP contribution < -0.4 is 5.32 Å². The summed E-state index contributed by atoms with van der Waals surface area (Å²) in [6.07, 6.45) is 1.85. The van der Waals surface area contributed by atoms with Crippen LogP contribution >= 0.6 is 43.2 Å². The highest BCUT2D eigenvalue weighted by Gasteiger charge is 2.22. The Balaban J connectivity index is 1.95.